The van der Waals surface area contributed by atoms with Gasteiger partial charge in [-0.15, -0.1) is 0 Å². The zero-order valence-corrected chi connectivity index (χ0v) is 18.2. The highest BCUT2D eigenvalue weighted by Gasteiger charge is 2.21. The van der Waals surface area contributed by atoms with Crippen LogP contribution in [0.5, 0.6) is 0 Å². The topological polar surface area (TPSA) is 127 Å². The van der Waals surface area contributed by atoms with E-state index in [0.29, 0.717) is 24.3 Å². The summed E-state index contributed by atoms with van der Waals surface area (Å²) in [6.45, 7) is 6.82. The van der Waals surface area contributed by atoms with Crippen molar-refractivity contribution in [2.45, 2.75) is 26.3 Å². The fourth-order valence-electron chi connectivity index (χ4n) is 3.12. The van der Waals surface area contributed by atoms with Gasteiger partial charge in [-0.1, -0.05) is 30.9 Å². The van der Waals surface area contributed by atoms with Gasteiger partial charge < -0.3 is 26.6 Å². The number of hydrogen-bond acceptors (Lipinski definition) is 7. The maximum Gasteiger partial charge on any atom is 0.227 e. The molecule has 1 aliphatic heterocycles. The summed E-state index contributed by atoms with van der Waals surface area (Å²) in [5.41, 5.74) is 11.9. The summed E-state index contributed by atoms with van der Waals surface area (Å²) in [7, 11) is 0. The predicted octanol–water partition coefficient (Wildman–Crippen LogP) is 4.50. The van der Waals surface area contributed by atoms with E-state index >= 15 is 0 Å². The lowest BCUT2D eigenvalue weighted by Gasteiger charge is -2.15. The molecule has 6 N–H and O–H groups in total. The number of carbonyl (C=O) groups excluding carboxylic acids is 1. The zero-order chi connectivity index (χ0) is 23.3. The van der Waals surface area contributed by atoms with Crippen molar-refractivity contribution in [2.75, 3.05) is 22.5 Å². The number of allylic oxidation sites excluding steroid dienone is 4. The Hall–Kier alpha value is -3.75. The van der Waals surface area contributed by atoms with Gasteiger partial charge in [-0.25, -0.2) is 10.5 Å². The minimum absolute atomic E-state index is 0. The Bertz CT molecular complexity index is 993. The number of nitrogens with two attached hydrogens (primary N) is 1. The minimum atomic E-state index is 0. The van der Waals surface area contributed by atoms with E-state index in [1.807, 2.05) is 49.4 Å². The average Bonchev–Trinajstić information content (AvgIpc) is 3.22. The van der Waals surface area contributed by atoms with Crippen molar-refractivity contribution in [1.29, 1.82) is 5.41 Å². The molecule has 8 heteroatoms. The Morgan fingerprint density at radius 3 is 2.72 bits per heavy atom. The largest absolute Gasteiger partial charge is 0.384 e. The maximum absolute atomic E-state index is 11.5. The van der Waals surface area contributed by atoms with Crippen molar-refractivity contribution in [3.63, 3.8) is 0 Å². The highest BCUT2D eigenvalue weighted by atomic mass is 16.5. The van der Waals surface area contributed by atoms with Crippen LogP contribution < -0.4 is 21.4 Å². The van der Waals surface area contributed by atoms with Gasteiger partial charge >= 0.3 is 0 Å². The van der Waals surface area contributed by atoms with Crippen LogP contribution in [-0.2, 0) is 11.3 Å². The van der Waals surface area contributed by atoms with E-state index in [9.17, 15) is 4.79 Å². The van der Waals surface area contributed by atoms with Crippen LogP contribution in [0.1, 0.15) is 33.7 Å². The Morgan fingerprint density at radius 1 is 1.41 bits per heavy atom. The van der Waals surface area contributed by atoms with Crippen LogP contribution in [0, 0.1) is 5.41 Å². The molecule has 1 aliphatic rings. The Balaban J connectivity index is 0.000000608. The minimum Gasteiger partial charge on any atom is -0.384 e. The lowest BCUT2D eigenvalue weighted by molar-refractivity contribution is -0.117. The van der Waals surface area contributed by atoms with Crippen LogP contribution >= 0.6 is 0 Å². The first-order valence-corrected chi connectivity index (χ1v) is 10.3. The second-order valence-corrected chi connectivity index (χ2v) is 6.97. The van der Waals surface area contributed by atoms with Crippen molar-refractivity contribution in [3.05, 3.63) is 84.2 Å². The molecule has 1 aromatic carbocycles. The molecule has 8 nitrogen and oxygen atoms in total. The second-order valence-electron chi connectivity index (χ2n) is 6.97. The molecule has 0 radical (unpaired) electrons. The summed E-state index contributed by atoms with van der Waals surface area (Å²) in [6.07, 6.45) is 11.8. The number of benzene rings is 1. The molecule has 0 bridgehead atoms. The van der Waals surface area contributed by atoms with Crippen molar-refractivity contribution >= 4 is 29.3 Å². The van der Waals surface area contributed by atoms with E-state index in [2.05, 4.69) is 22.4 Å². The highest BCUT2D eigenvalue weighted by molar-refractivity contribution is 5.95. The molecule has 1 fully saturated rings. The molecule has 172 valence electrons. The highest BCUT2D eigenvalue weighted by Crippen LogP contribution is 2.21. The Kier molecular flexibility index (Phi) is 9.83. The van der Waals surface area contributed by atoms with Crippen molar-refractivity contribution in [3.8, 4) is 0 Å². The molecule has 1 saturated heterocycles. The number of aromatic nitrogens is 1. The number of amides is 1. The van der Waals surface area contributed by atoms with Crippen LogP contribution in [0.3, 0.4) is 0 Å². The summed E-state index contributed by atoms with van der Waals surface area (Å²) in [5.74, 6) is 0.595. The van der Waals surface area contributed by atoms with E-state index in [1.54, 1.807) is 23.2 Å². The number of anilines is 3. The fraction of sp³-hybridized carbons (Fsp3) is 0.208. The third kappa shape index (κ3) is 7.19. The number of nitrogen functional groups attached to an aromatic ring is 1. The number of hydrogen-bond donors (Lipinski definition) is 5. The van der Waals surface area contributed by atoms with E-state index in [4.69, 9.17) is 16.4 Å². The van der Waals surface area contributed by atoms with Gasteiger partial charge in [0.15, 0.2) is 0 Å². The summed E-state index contributed by atoms with van der Waals surface area (Å²) in [4.78, 5) is 17.3. The first-order valence-electron chi connectivity index (χ1n) is 10.3. The lowest BCUT2D eigenvalue weighted by Crippen LogP contribution is -2.23. The van der Waals surface area contributed by atoms with Gasteiger partial charge in [0.05, 0.1) is 11.9 Å². The van der Waals surface area contributed by atoms with Crippen molar-refractivity contribution < 1.29 is 12.9 Å². The molecule has 2 aromatic rings. The lowest BCUT2D eigenvalue weighted by atomic mass is 10.2. The Labute approximate surface area is 191 Å². The molecular weight excluding hydrogens is 404 g/mol. The van der Waals surface area contributed by atoms with Gasteiger partial charge in [-0.3, -0.25) is 4.79 Å². The van der Waals surface area contributed by atoms with Crippen LogP contribution in [0.4, 0.5) is 17.2 Å². The molecule has 32 heavy (non-hydrogen) atoms. The quantitative estimate of drug-likeness (QED) is 0.234. The predicted molar refractivity (Wildman–Crippen MR) is 134 cm³/mol. The molecule has 1 amide bonds. The number of rotatable bonds is 8. The SMILES string of the molecule is C=C/C=C(\C=C/C)Nc1cnc(N)cc1C=N.O=C1CCCN1c1ccc(CNO)cc1.[HH].[HH]. The van der Waals surface area contributed by atoms with Gasteiger partial charge in [-0.2, -0.15) is 0 Å². The molecule has 3 rings (SSSR count). The van der Waals surface area contributed by atoms with Crippen LogP contribution in [0.25, 0.3) is 0 Å². The van der Waals surface area contributed by atoms with Crippen LogP contribution in [0.15, 0.2) is 73.1 Å². The number of nitrogens with one attached hydrogen (secondary N) is 3. The third-order valence-electron chi connectivity index (χ3n) is 4.64. The monoisotopic (exact) mass is 438 g/mol. The first-order chi connectivity index (χ1) is 15.5. The van der Waals surface area contributed by atoms with Crippen molar-refractivity contribution in [2.24, 2.45) is 0 Å². The van der Waals surface area contributed by atoms with E-state index in [1.165, 1.54) is 6.21 Å². The van der Waals surface area contributed by atoms with Gasteiger partial charge in [0.25, 0.3) is 0 Å². The second kappa shape index (κ2) is 12.8. The average molecular weight is 439 g/mol. The van der Waals surface area contributed by atoms with E-state index in [-0.39, 0.29) is 8.76 Å². The number of hydroxylamine groups is 1. The number of carbonyl (C=O) groups is 1. The summed E-state index contributed by atoms with van der Waals surface area (Å²) >= 11 is 0. The molecule has 2 heterocycles. The zero-order valence-electron chi connectivity index (χ0n) is 18.2. The van der Waals surface area contributed by atoms with E-state index < -0.39 is 0 Å². The molecule has 0 spiro atoms. The van der Waals surface area contributed by atoms with Crippen molar-refractivity contribution in [1.82, 2.24) is 10.5 Å². The van der Waals surface area contributed by atoms with Crippen LogP contribution in [0.2, 0.25) is 0 Å². The molecule has 0 aliphatic carbocycles. The Morgan fingerprint density at radius 2 is 2.16 bits per heavy atom. The molecule has 0 unspecified atom stereocenters. The smallest absolute Gasteiger partial charge is 0.227 e. The summed E-state index contributed by atoms with van der Waals surface area (Å²) in [6, 6.07) is 9.29. The van der Waals surface area contributed by atoms with Crippen LogP contribution in [-0.4, -0.2) is 28.9 Å². The van der Waals surface area contributed by atoms with Gasteiger partial charge in [-0.05, 0) is 49.3 Å². The van der Waals surface area contributed by atoms with Gasteiger partial charge in [0.1, 0.15) is 5.82 Å². The van der Waals surface area contributed by atoms with E-state index in [0.717, 1.165) is 35.6 Å². The number of nitrogens with zero attached hydrogens (tertiary/aromatic N) is 2. The molecular formula is C24H34N6O2. The molecule has 1 aromatic heterocycles. The first kappa shape index (κ1) is 24.5. The maximum atomic E-state index is 11.5. The van der Waals surface area contributed by atoms with Gasteiger partial charge in [0.2, 0.25) is 5.91 Å². The normalized spacial score (nSPS) is 13.6. The standard InChI is InChI=1S/C13H16N4.C11H14N2O2.2H2/c1-3-5-11(6-4-2)17-12-9-16-13(15)7-10(12)8-14;14-11-2-1-7-13(11)10-5-3-9(4-6-10)8-12-15;;/h3-9,14,17H,1H2,2H3,(H2,15,16);3-6,12,15H,1-2,7-8H2;2*1H/b6-4-,11-5+,14-8?;;;. The third-order valence-corrected chi connectivity index (χ3v) is 4.64. The molecule has 0 saturated carbocycles. The number of pyridine rings is 1. The van der Waals surface area contributed by atoms with Gasteiger partial charge in [0, 0.05) is 45.5 Å². The summed E-state index contributed by atoms with van der Waals surface area (Å²) in [5, 5.41) is 19.0. The molecule has 0 atom stereocenters. The fourth-order valence-corrected chi connectivity index (χ4v) is 3.12. The summed E-state index contributed by atoms with van der Waals surface area (Å²) < 4.78 is 0.